The van der Waals surface area contributed by atoms with Crippen LogP contribution in [-0.4, -0.2) is 17.2 Å². The van der Waals surface area contributed by atoms with E-state index in [0.29, 0.717) is 6.04 Å². The summed E-state index contributed by atoms with van der Waals surface area (Å²) in [6.45, 7) is 8.26. The van der Waals surface area contributed by atoms with E-state index in [1.165, 1.54) is 0 Å². The lowest BCUT2D eigenvalue weighted by Gasteiger charge is -2.20. The molecule has 0 heterocycles. The number of carbonyl (C=O) groups is 1. The third-order valence-electron chi connectivity index (χ3n) is 2.38. The van der Waals surface area contributed by atoms with Crippen molar-refractivity contribution in [3.05, 3.63) is 0 Å². The highest BCUT2D eigenvalue weighted by Crippen LogP contribution is 2.10. The first-order chi connectivity index (χ1) is 6.52. The lowest BCUT2D eigenvalue weighted by atomic mass is 10.1. The van der Waals surface area contributed by atoms with Crippen molar-refractivity contribution >= 4 is 18.5 Å². The molecule has 14 heavy (non-hydrogen) atoms. The highest BCUT2D eigenvalue weighted by molar-refractivity contribution is 7.81. The minimum Gasteiger partial charge on any atom is -0.352 e. The van der Waals surface area contributed by atoms with E-state index >= 15 is 0 Å². The third-order valence-corrected chi connectivity index (χ3v) is 3.21. The Labute approximate surface area is 93.3 Å². The van der Waals surface area contributed by atoms with Gasteiger partial charge in [0.15, 0.2) is 0 Å². The molecule has 0 aliphatic heterocycles. The molecule has 0 aromatic heterocycles. The van der Waals surface area contributed by atoms with E-state index in [2.05, 4.69) is 31.8 Å². The molecule has 1 N–H and O–H groups in total. The number of amides is 1. The molecule has 84 valence electrons. The molecule has 1 amide bonds. The highest BCUT2D eigenvalue weighted by atomic mass is 32.1. The van der Waals surface area contributed by atoms with Crippen molar-refractivity contribution in [2.75, 3.05) is 0 Å². The summed E-state index contributed by atoms with van der Waals surface area (Å²) in [5.74, 6) is 0.362. The van der Waals surface area contributed by atoms with Crippen LogP contribution in [0.25, 0.3) is 0 Å². The lowest BCUT2D eigenvalue weighted by Crippen LogP contribution is -2.40. The van der Waals surface area contributed by atoms with Crippen molar-refractivity contribution in [1.82, 2.24) is 5.32 Å². The number of nitrogens with one attached hydrogen (secondary N) is 1. The minimum absolute atomic E-state index is 0.0728. The summed E-state index contributed by atoms with van der Waals surface area (Å²) in [6.07, 6.45) is 3.16. The van der Waals surface area contributed by atoms with E-state index in [0.717, 1.165) is 19.3 Å². The van der Waals surface area contributed by atoms with Gasteiger partial charge < -0.3 is 5.32 Å². The summed E-state index contributed by atoms with van der Waals surface area (Å²) >= 11 is 4.29. The Morgan fingerprint density at radius 1 is 1.36 bits per heavy atom. The zero-order valence-electron chi connectivity index (χ0n) is 9.71. The van der Waals surface area contributed by atoms with Crippen LogP contribution >= 0.6 is 12.6 Å². The fraction of sp³-hybridized carbons (Fsp3) is 0.909. The molecule has 0 aliphatic carbocycles. The van der Waals surface area contributed by atoms with Gasteiger partial charge in [0.1, 0.15) is 0 Å². The Bertz CT molecular complexity index is 171. The van der Waals surface area contributed by atoms with Gasteiger partial charge in [0.2, 0.25) is 5.91 Å². The highest BCUT2D eigenvalue weighted by Gasteiger charge is 2.19. The van der Waals surface area contributed by atoms with Gasteiger partial charge >= 0.3 is 0 Å². The van der Waals surface area contributed by atoms with Crippen molar-refractivity contribution in [1.29, 1.82) is 0 Å². The summed E-state index contributed by atoms with van der Waals surface area (Å²) in [6, 6.07) is 0.320. The van der Waals surface area contributed by atoms with Crippen molar-refractivity contribution in [3.8, 4) is 0 Å². The second-order valence-corrected chi connectivity index (χ2v) is 4.65. The smallest absolute Gasteiger partial charge is 0.233 e. The second-order valence-electron chi connectivity index (χ2n) is 4.09. The van der Waals surface area contributed by atoms with E-state index in [1.54, 1.807) is 0 Å². The van der Waals surface area contributed by atoms with Crippen LogP contribution in [0.15, 0.2) is 0 Å². The molecular formula is C11H23NOS. The van der Waals surface area contributed by atoms with Gasteiger partial charge in [-0.25, -0.2) is 0 Å². The van der Waals surface area contributed by atoms with Crippen molar-refractivity contribution in [2.24, 2.45) is 5.92 Å². The standard InChI is InChI=1S/C11H23NOS/c1-5-7-9(6-2)12-11(13)10(14)8(3)4/h8-10,14H,5-7H2,1-4H3,(H,12,13). The van der Waals surface area contributed by atoms with Gasteiger partial charge in [-0.1, -0.05) is 34.1 Å². The van der Waals surface area contributed by atoms with Crippen LogP contribution in [0.3, 0.4) is 0 Å². The molecule has 0 saturated heterocycles. The quantitative estimate of drug-likeness (QED) is 0.658. The molecule has 0 aromatic carbocycles. The maximum Gasteiger partial charge on any atom is 0.233 e. The predicted octanol–water partition coefficient (Wildman–Crippen LogP) is 2.64. The van der Waals surface area contributed by atoms with Crippen LogP contribution < -0.4 is 5.32 Å². The summed E-state index contributed by atoms with van der Waals surface area (Å²) in [5.41, 5.74) is 0. The summed E-state index contributed by atoms with van der Waals surface area (Å²) < 4.78 is 0. The Morgan fingerprint density at radius 2 is 1.93 bits per heavy atom. The average molecular weight is 217 g/mol. The van der Waals surface area contributed by atoms with Gasteiger partial charge in [-0.2, -0.15) is 12.6 Å². The van der Waals surface area contributed by atoms with Crippen LogP contribution in [0, 0.1) is 5.92 Å². The fourth-order valence-corrected chi connectivity index (χ4v) is 1.39. The predicted molar refractivity (Wildman–Crippen MR) is 64.7 cm³/mol. The Kier molecular flexibility index (Phi) is 7.06. The summed E-state index contributed by atoms with van der Waals surface area (Å²) in [4.78, 5) is 11.6. The number of hydrogen-bond acceptors (Lipinski definition) is 2. The van der Waals surface area contributed by atoms with Crippen molar-refractivity contribution < 1.29 is 4.79 Å². The Hall–Kier alpha value is -0.180. The molecular weight excluding hydrogens is 194 g/mol. The molecule has 0 saturated carbocycles. The number of hydrogen-bond donors (Lipinski definition) is 2. The molecule has 0 aliphatic rings. The molecule has 0 aromatic rings. The van der Waals surface area contributed by atoms with E-state index in [1.807, 2.05) is 13.8 Å². The molecule has 2 nitrogen and oxygen atoms in total. The number of rotatable bonds is 6. The van der Waals surface area contributed by atoms with Gasteiger partial charge in [-0.05, 0) is 18.8 Å². The molecule has 0 fully saturated rings. The average Bonchev–Trinajstić information content (AvgIpc) is 2.15. The van der Waals surface area contributed by atoms with E-state index in [9.17, 15) is 4.79 Å². The van der Waals surface area contributed by atoms with Gasteiger partial charge in [-0.3, -0.25) is 4.79 Å². The van der Waals surface area contributed by atoms with E-state index < -0.39 is 0 Å². The lowest BCUT2D eigenvalue weighted by molar-refractivity contribution is -0.121. The van der Waals surface area contributed by atoms with Crippen LogP contribution in [-0.2, 0) is 4.79 Å². The monoisotopic (exact) mass is 217 g/mol. The normalized spacial score (nSPS) is 15.3. The van der Waals surface area contributed by atoms with Crippen LogP contribution in [0.5, 0.6) is 0 Å². The molecule has 2 atom stereocenters. The van der Waals surface area contributed by atoms with Crippen LogP contribution in [0.4, 0.5) is 0 Å². The van der Waals surface area contributed by atoms with Crippen LogP contribution in [0.1, 0.15) is 47.0 Å². The summed E-state index contributed by atoms with van der Waals surface area (Å²) in [5, 5.41) is 2.85. The van der Waals surface area contributed by atoms with Gasteiger partial charge in [-0.15, -0.1) is 0 Å². The second kappa shape index (κ2) is 7.16. The first kappa shape index (κ1) is 13.8. The van der Waals surface area contributed by atoms with Gasteiger partial charge in [0.05, 0.1) is 5.25 Å². The third kappa shape index (κ3) is 4.89. The molecule has 3 heteroatoms. The molecule has 0 spiro atoms. The summed E-state index contributed by atoms with van der Waals surface area (Å²) in [7, 11) is 0. The topological polar surface area (TPSA) is 29.1 Å². The Balaban J connectivity index is 4.01. The molecule has 0 bridgehead atoms. The van der Waals surface area contributed by atoms with Gasteiger partial charge in [0, 0.05) is 6.04 Å². The minimum atomic E-state index is -0.180. The van der Waals surface area contributed by atoms with E-state index in [4.69, 9.17) is 0 Å². The van der Waals surface area contributed by atoms with Crippen molar-refractivity contribution in [3.63, 3.8) is 0 Å². The van der Waals surface area contributed by atoms with Gasteiger partial charge in [0.25, 0.3) is 0 Å². The zero-order valence-corrected chi connectivity index (χ0v) is 10.6. The largest absolute Gasteiger partial charge is 0.352 e. The first-order valence-corrected chi connectivity index (χ1v) is 6.02. The SMILES string of the molecule is CCCC(CC)NC(=O)C(S)C(C)C. The van der Waals surface area contributed by atoms with Crippen molar-refractivity contribution in [2.45, 2.75) is 58.2 Å². The first-order valence-electron chi connectivity index (χ1n) is 5.51. The maximum absolute atomic E-state index is 11.6. The molecule has 0 rings (SSSR count). The number of thiol groups is 1. The maximum atomic E-state index is 11.6. The molecule has 2 unspecified atom stereocenters. The molecule has 0 radical (unpaired) electrons. The fourth-order valence-electron chi connectivity index (χ4n) is 1.32. The Morgan fingerprint density at radius 3 is 2.29 bits per heavy atom. The van der Waals surface area contributed by atoms with Crippen LogP contribution in [0.2, 0.25) is 0 Å². The zero-order chi connectivity index (χ0) is 11.1. The van der Waals surface area contributed by atoms with E-state index in [-0.39, 0.29) is 17.1 Å². The number of carbonyl (C=O) groups excluding carboxylic acids is 1.